The fraction of sp³-hybridized carbons (Fsp3) is 0.0526. The molecule has 3 rings (SSSR count). The van der Waals surface area contributed by atoms with Gasteiger partial charge in [-0.05, 0) is 42.3 Å². The quantitative estimate of drug-likeness (QED) is 0.438. The van der Waals surface area contributed by atoms with Crippen molar-refractivity contribution in [3.05, 3.63) is 80.7 Å². The first-order valence-corrected chi connectivity index (χ1v) is 9.40. The Kier molecular flexibility index (Phi) is 5.64. The van der Waals surface area contributed by atoms with Gasteiger partial charge in [0, 0.05) is 0 Å². The fourth-order valence-corrected chi connectivity index (χ4v) is 4.02. The van der Waals surface area contributed by atoms with Gasteiger partial charge in [-0.15, -0.1) is 0 Å². The first-order chi connectivity index (χ1) is 12.0. The topological polar surface area (TPSA) is 20.3 Å². The number of amides is 1. The number of hydrogen-bond donors (Lipinski definition) is 0. The first kappa shape index (κ1) is 18.2. The number of halogens is 2. The van der Waals surface area contributed by atoms with Gasteiger partial charge in [-0.2, -0.15) is 0 Å². The van der Waals surface area contributed by atoms with E-state index in [0.29, 0.717) is 25.0 Å². The minimum absolute atomic E-state index is 0.158. The number of hydrogen-bond acceptors (Lipinski definition) is 3. The smallest absolute Gasteiger partial charge is 0.268 e. The molecule has 0 aliphatic carbocycles. The van der Waals surface area contributed by atoms with Crippen molar-refractivity contribution < 1.29 is 4.79 Å². The molecule has 2 nitrogen and oxygen atoms in total. The molecule has 2 aromatic carbocycles. The zero-order valence-electron chi connectivity index (χ0n) is 13.2. The van der Waals surface area contributed by atoms with E-state index in [2.05, 4.69) is 0 Å². The normalized spacial score (nSPS) is 16.8. The molecule has 1 aliphatic heterocycles. The zero-order chi connectivity index (χ0) is 18.0. The number of carbonyl (C=O) groups is 1. The Morgan fingerprint density at radius 3 is 2.52 bits per heavy atom. The highest BCUT2D eigenvalue weighted by molar-refractivity contribution is 8.27. The van der Waals surface area contributed by atoms with E-state index in [4.69, 9.17) is 35.4 Å². The highest BCUT2D eigenvalue weighted by atomic mass is 35.5. The van der Waals surface area contributed by atoms with E-state index in [0.717, 1.165) is 11.1 Å². The molecule has 0 atom stereocenters. The lowest BCUT2D eigenvalue weighted by atomic mass is 10.1. The Bertz CT molecular complexity index is 907. The van der Waals surface area contributed by atoms with Gasteiger partial charge in [-0.25, -0.2) is 0 Å². The van der Waals surface area contributed by atoms with Crippen LogP contribution in [0.2, 0.25) is 10.0 Å². The van der Waals surface area contributed by atoms with Crippen molar-refractivity contribution >= 4 is 69.2 Å². The van der Waals surface area contributed by atoms with Gasteiger partial charge >= 0.3 is 0 Å². The third-order valence-electron chi connectivity index (χ3n) is 3.51. The van der Waals surface area contributed by atoms with Gasteiger partial charge in [0.05, 0.1) is 20.6 Å². The van der Waals surface area contributed by atoms with Gasteiger partial charge in [0.2, 0.25) is 0 Å². The molecule has 25 heavy (non-hydrogen) atoms. The molecule has 1 amide bonds. The minimum atomic E-state index is -0.158. The number of thioether (sulfide) groups is 1. The monoisotopic (exact) mass is 405 g/mol. The number of thiocarbonyl (C=S) groups is 1. The molecule has 126 valence electrons. The Hall–Kier alpha value is -1.59. The zero-order valence-corrected chi connectivity index (χ0v) is 16.3. The first-order valence-electron chi connectivity index (χ1n) is 7.42. The largest absolute Gasteiger partial charge is 0.270 e. The average molecular weight is 406 g/mol. The summed E-state index contributed by atoms with van der Waals surface area (Å²) in [5, 5.41) is 0.824. The van der Waals surface area contributed by atoms with E-state index >= 15 is 0 Å². The molecule has 0 spiro atoms. The van der Waals surface area contributed by atoms with Crippen molar-refractivity contribution in [3.8, 4) is 0 Å². The third kappa shape index (κ3) is 4.15. The molecular weight excluding hydrogens is 393 g/mol. The van der Waals surface area contributed by atoms with Crippen molar-refractivity contribution in [3.63, 3.8) is 0 Å². The van der Waals surface area contributed by atoms with Crippen molar-refractivity contribution in [2.75, 3.05) is 4.90 Å². The highest BCUT2D eigenvalue weighted by Gasteiger charge is 2.33. The predicted molar refractivity (Wildman–Crippen MR) is 112 cm³/mol. The Morgan fingerprint density at radius 2 is 1.84 bits per heavy atom. The van der Waals surface area contributed by atoms with E-state index in [1.807, 2.05) is 49.4 Å². The van der Waals surface area contributed by atoms with Crippen LogP contribution in [0.5, 0.6) is 0 Å². The van der Waals surface area contributed by atoms with Crippen LogP contribution in [0.15, 0.2) is 65.1 Å². The van der Waals surface area contributed by atoms with Gasteiger partial charge in [0.15, 0.2) is 4.32 Å². The maximum atomic E-state index is 12.7. The molecule has 0 bridgehead atoms. The summed E-state index contributed by atoms with van der Waals surface area (Å²) >= 11 is 18.6. The second kappa shape index (κ2) is 7.75. The molecule has 2 aromatic rings. The average Bonchev–Trinajstić information content (AvgIpc) is 2.85. The van der Waals surface area contributed by atoms with Crippen LogP contribution in [0.3, 0.4) is 0 Å². The SMILES string of the molecule is CC(=C\c1ccccc1)/C=C1/SC(=S)N(c2ccc(Cl)c(Cl)c2)C1=O. The molecule has 1 saturated heterocycles. The molecule has 1 fully saturated rings. The van der Waals surface area contributed by atoms with Crippen LogP contribution in [0, 0.1) is 0 Å². The van der Waals surface area contributed by atoms with Crippen LogP contribution >= 0.6 is 47.2 Å². The summed E-state index contributed by atoms with van der Waals surface area (Å²) in [5.41, 5.74) is 2.67. The Balaban J connectivity index is 1.88. The molecule has 1 heterocycles. The second-order valence-corrected chi connectivity index (χ2v) is 7.90. The molecule has 0 aromatic heterocycles. The molecule has 0 radical (unpaired) electrons. The van der Waals surface area contributed by atoms with E-state index in [-0.39, 0.29) is 5.91 Å². The van der Waals surface area contributed by atoms with E-state index < -0.39 is 0 Å². The van der Waals surface area contributed by atoms with Crippen LogP contribution in [-0.4, -0.2) is 10.2 Å². The van der Waals surface area contributed by atoms with Crippen molar-refractivity contribution in [2.45, 2.75) is 6.92 Å². The number of nitrogens with zero attached hydrogens (tertiary/aromatic N) is 1. The summed E-state index contributed by atoms with van der Waals surface area (Å²) in [6, 6.07) is 15.0. The lowest BCUT2D eigenvalue weighted by Gasteiger charge is -2.15. The van der Waals surface area contributed by atoms with Crippen molar-refractivity contribution in [1.82, 2.24) is 0 Å². The van der Waals surface area contributed by atoms with Crippen molar-refractivity contribution in [1.29, 1.82) is 0 Å². The maximum Gasteiger partial charge on any atom is 0.270 e. The van der Waals surface area contributed by atoms with Gasteiger partial charge in [0.25, 0.3) is 5.91 Å². The summed E-state index contributed by atoms with van der Waals surface area (Å²) in [7, 11) is 0. The van der Waals surface area contributed by atoms with Gasteiger partial charge in [-0.1, -0.05) is 83.6 Å². The number of benzene rings is 2. The predicted octanol–water partition coefficient (Wildman–Crippen LogP) is 6.35. The van der Waals surface area contributed by atoms with E-state index in [9.17, 15) is 4.79 Å². The minimum Gasteiger partial charge on any atom is -0.268 e. The molecule has 0 N–H and O–H groups in total. The molecule has 0 saturated carbocycles. The van der Waals surface area contributed by atoms with Crippen LogP contribution < -0.4 is 4.90 Å². The van der Waals surface area contributed by atoms with Crippen LogP contribution in [0.1, 0.15) is 12.5 Å². The number of carbonyl (C=O) groups excluding carboxylic acids is 1. The van der Waals surface area contributed by atoms with Crippen LogP contribution in [-0.2, 0) is 4.79 Å². The molecule has 0 unspecified atom stereocenters. The van der Waals surface area contributed by atoms with E-state index in [1.165, 1.54) is 16.7 Å². The fourth-order valence-electron chi connectivity index (χ4n) is 2.38. The number of rotatable bonds is 3. The second-order valence-electron chi connectivity index (χ2n) is 5.41. The van der Waals surface area contributed by atoms with Crippen LogP contribution in [0.25, 0.3) is 6.08 Å². The summed E-state index contributed by atoms with van der Waals surface area (Å²) in [5.74, 6) is -0.158. The molecule has 6 heteroatoms. The summed E-state index contributed by atoms with van der Waals surface area (Å²) in [6.07, 6.45) is 3.87. The highest BCUT2D eigenvalue weighted by Crippen LogP contribution is 2.37. The standard InChI is InChI=1S/C19H13Cl2NOS2/c1-12(9-13-5-3-2-4-6-13)10-17-18(23)22(19(24)25-17)14-7-8-15(20)16(21)11-14/h2-11H,1H3/b12-9+,17-10+. The third-order valence-corrected chi connectivity index (χ3v) is 5.55. The number of allylic oxidation sites excluding steroid dienone is 2. The lowest BCUT2D eigenvalue weighted by Crippen LogP contribution is -2.27. The maximum absolute atomic E-state index is 12.7. The van der Waals surface area contributed by atoms with E-state index in [1.54, 1.807) is 18.2 Å². The molecule has 1 aliphatic rings. The lowest BCUT2D eigenvalue weighted by molar-refractivity contribution is -0.113. The summed E-state index contributed by atoms with van der Waals surface area (Å²) < 4.78 is 0.474. The van der Waals surface area contributed by atoms with Gasteiger partial charge < -0.3 is 0 Å². The molecular formula is C19H13Cl2NOS2. The van der Waals surface area contributed by atoms with Gasteiger partial charge in [0.1, 0.15) is 0 Å². The van der Waals surface area contributed by atoms with Crippen molar-refractivity contribution in [2.24, 2.45) is 0 Å². The summed E-state index contributed by atoms with van der Waals surface area (Å²) in [6.45, 7) is 1.96. The summed E-state index contributed by atoms with van der Waals surface area (Å²) in [4.78, 5) is 14.8. The van der Waals surface area contributed by atoms with Crippen LogP contribution in [0.4, 0.5) is 5.69 Å². The Morgan fingerprint density at radius 1 is 1.12 bits per heavy atom. The Labute approximate surface area is 166 Å². The number of anilines is 1. The van der Waals surface area contributed by atoms with Gasteiger partial charge in [-0.3, -0.25) is 9.69 Å².